The molecule has 3 N–H and O–H groups in total. The molecule has 0 saturated carbocycles. The van der Waals surface area contributed by atoms with Crippen molar-refractivity contribution in [3.63, 3.8) is 0 Å². The van der Waals surface area contributed by atoms with Crippen molar-refractivity contribution in [1.82, 2.24) is 4.90 Å². The van der Waals surface area contributed by atoms with Crippen LogP contribution in [0.2, 0.25) is 0 Å². The maximum atomic E-state index is 11.2. The number of aliphatic hydroxyl groups is 1. The van der Waals surface area contributed by atoms with Crippen molar-refractivity contribution < 1.29 is 5.11 Å². The lowest BCUT2D eigenvalue weighted by Crippen LogP contribution is -2.58. The van der Waals surface area contributed by atoms with Crippen LogP contribution in [0.1, 0.15) is 24.0 Å². The Hall–Kier alpha value is -0.900. The van der Waals surface area contributed by atoms with Gasteiger partial charge in [0.05, 0.1) is 5.60 Å². The van der Waals surface area contributed by atoms with E-state index < -0.39 is 5.60 Å². The summed E-state index contributed by atoms with van der Waals surface area (Å²) in [6.45, 7) is 2.51. The summed E-state index contributed by atoms with van der Waals surface area (Å²) in [5, 5.41) is 11.2. The van der Waals surface area contributed by atoms with E-state index in [1.54, 1.807) is 0 Å². The van der Waals surface area contributed by atoms with Gasteiger partial charge in [-0.15, -0.1) is 0 Å². The molecule has 0 radical (unpaired) electrons. The molecule has 0 spiro atoms. The first-order valence-corrected chi connectivity index (χ1v) is 7.26. The summed E-state index contributed by atoms with van der Waals surface area (Å²) in [5.41, 5.74) is 8.12. The third-order valence-electron chi connectivity index (χ3n) is 5.37. The first-order valence-electron chi connectivity index (χ1n) is 7.26. The van der Waals surface area contributed by atoms with Gasteiger partial charge in [0.25, 0.3) is 0 Å². The number of fused-ring (bicyclic) bond motifs is 1. The SMILES string of the molecule is CN1CCC(O)(C2(CN)Cc3ccccc3C2)CC1. The monoisotopic (exact) mass is 260 g/mol. The Morgan fingerprint density at radius 3 is 2.16 bits per heavy atom. The fourth-order valence-corrected chi connectivity index (χ4v) is 3.88. The van der Waals surface area contributed by atoms with Crippen LogP contribution in [0, 0.1) is 5.41 Å². The van der Waals surface area contributed by atoms with Gasteiger partial charge in [0.15, 0.2) is 0 Å². The molecule has 1 aromatic rings. The largest absolute Gasteiger partial charge is 0.389 e. The van der Waals surface area contributed by atoms with Gasteiger partial charge in [-0.1, -0.05) is 24.3 Å². The van der Waals surface area contributed by atoms with E-state index >= 15 is 0 Å². The lowest BCUT2D eigenvalue weighted by Gasteiger charge is -2.48. The van der Waals surface area contributed by atoms with Gasteiger partial charge in [0.2, 0.25) is 0 Å². The molecule has 3 rings (SSSR count). The van der Waals surface area contributed by atoms with Crippen LogP contribution < -0.4 is 5.73 Å². The second-order valence-electron chi connectivity index (χ2n) is 6.44. The molecule has 3 nitrogen and oxygen atoms in total. The highest BCUT2D eigenvalue weighted by molar-refractivity contribution is 5.36. The van der Waals surface area contributed by atoms with Crippen molar-refractivity contribution in [1.29, 1.82) is 0 Å². The standard InChI is InChI=1S/C16H24N2O/c1-18-8-6-16(19,7-9-18)15(12-17)10-13-4-2-3-5-14(13)11-15/h2-5,19H,6-12,17H2,1H3. The maximum Gasteiger partial charge on any atom is 0.0746 e. The second kappa shape index (κ2) is 4.58. The molecular weight excluding hydrogens is 236 g/mol. The van der Waals surface area contributed by atoms with Gasteiger partial charge < -0.3 is 15.7 Å². The number of nitrogens with two attached hydrogens (primary N) is 1. The zero-order chi connectivity index (χ0) is 13.5. The molecule has 1 aliphatic carbocycles. The fraction of sp³-hybridized carbons (Fsp3) is 0.625. The van der Waals surface area contributed by atoms with Crippen molar-refractivity contribution in [3.8, 4) is 0 Å². The second-order valence-corrected chi connectivity index (χ2v) is 6.44. The number of hydrogen-bond acceptors (Lipinski definition) is 3. The molecular formula is C16H24N2O. The zero-order valence-corrected chi connectivity index (χ0v) is 11.7. The molecule has 0 atom stereocenters. The van der Waals surface area contributed by atoms with Gasteiger partial charge in [0.1, 0.15) is 0 Å². The van der Waals surface area contributed by atoms with Gasteiger partial charge in [0, 0.05) is 25.0 Å². The highest BCUT2D eigenvalue weighted by atomic mass is 16.3. The van der Waals surface area contributed by atoms with Crippen LogP contribution >= 0.6 is 0 Å². The van der Waals surface area contributed by atoms with Crippen LogP contribution in [0.25, 0.3) is 0 Å². The Labute approximate surface area is 115 Å². The highest BCUT2D eigenvalue weighted by Crippen LogP contribution is 2.48. The summed E-state index contributed by atoms with van der Waals surface area (Å²) in [6.07, 6.45) is 3.54. The summed E-state index contributed by atoms with van der Waals surface area (Å²) in [5.74, 6) is 0. The number of hydrogen-bond donors (Lipinski definition) is 2. The predicted octanol–water partition coefficient (Wildman–Crippen LogP) is 1.19. The quantitative estimate of drug-likeness (QED) is 0.840. The molecule has 1 saturated heterocycles. The van der Waals surface area contributed by atoms with Crippen LogP contribution in [0.5, 0.6) is 0 Å². The Bertz CT molecular complexity index is 439. The topological polar surface area (TPSA) is 49.5 Å². The molecule has 1 aromatic carbocycles. The molecule has 104 valence electrons. The molecule has 1 fully saturated rings. The smallest absolute Gasteiger partial charge is 0.0746 e. The first kappa shape index (κ1) is 13.1. The Morgan fingerprint density at radius 2 is 1.68 bits per heavy atom. The van der Waals surface area contributed by atoms with Crippen LogP contribution in [-0.4, -0.2) is 42.3 Å². The molecule has 0 bridgehead atoms. The third kappa shape index (κ3) is 2.00. The summed E-state index contributed by atoms with van der Waals surface area (Å²) < 4.78 is 0. The van der Waals surface area contributed by atoms with Gasteiger partial charge >= 0.3 is 0 Å². The van der Waals surface area contributed by atoms with Crippen molar-refractivity contribution in [2.75, 3.05) is 26.7 Å². The van der Waals surface area contributed by atoms with Crippen molar-refractivity contribution in [3.05, 3.63) is 35.4 Å². The number of piperidine rings is 1. The molecule has 3 heteroatoms. The zero-order valence-electron chi connectivity index (χ0n) is 11.7. The van der Waals surface area contributed by atoms with Gasteiger partial charge in [-0.3, -0.25) is 0 Å². The Balaban J connectivity index is 1.90. The van der Waals surface area contributed by atoms with E-state index in [-0.39, 0.29) is 5.41 Å². The lowest BCUT2D eigenvalue weighted by atomic mass is 9.65. The van der Waals surface area contributed by atoms with Crippen LogP contribution in [0.4, 0.5) is 0 Å². The molecule has 19 heavy (non-hydrogen) atoms. The summed E-state index contributed by atoms with van der Waals surface area (Å²) in [6, 6.07) is 8.55. The number of nitrogens with zero attached hydrogens (tertiary/aromatic N) is 1. The number of benzene rings is 1. The molecule has 0 unspecified atom stereocenters. The fourth-order valence-electron chi connectivity index (χ4n) is 3.88. The Morgan fingerprint density at radius 1 is 1.16 bits per heavy atom. The summed E-state index contributed by atoms with van der Waals surface area (Å²) in [7, 11) is 2.12. The average Bonchev–Trinajstić information content (AvgIpc) is 2.83. The third-order valence-corrected chi connectivity index (χ3v) is 5.37. The minimum Gasteiger partial charge on any atom is -0.389 e. The minimum absolute atomic E-state index is 0.155. The molecule has 2 aliphatic rings. The molecule has 0 amide bonds. The number of likely N-dealkylation sites (tertiary alicyclic amines) is 1. The van der Waals surface area contributed by atoms with Crippen molar-refractivity contribution >= 4 is 0 Å². The predicted molar refractivity (Wildman–Crippen MR) is 77.0 cm³/mol. The van der Waals surface area contributed by atoms with Gasteiger partial charge in [-0.2, -0.15) is 0 Å². The van der Waals surface area contributed by atoms with E-state index in [2.05, 4.69) is 36.2 Å². The van der Waals surface area contributed by atoms with E-state index in [1.807, 2.05) is 0 Å². The lowest BCUT2D eigenvalue weighted by molar-refractivity contribution is -0.111. The van der Waals surface area contributed by atoms with E-state index in [1.165, 1.54) is 11.1 Å². The maximum absolute atomic E-state index is 11.2. The van der Waals surface area contributed by atoms with Crippen molar-refractivity contribution in [2.45, 2.75) is 31.3 Å². The van der Waals surface area contributed by atoms with Crippen LogP contribution in [-0.2, 0) is 12.8 Å². The molecule has 1 heterocycles. The minimum atomic E-state index is -0.604. The van der Waals surface area contributed by atoms with E-state index in [9.17, 15) is 5.11 Å². The van der Waals surface area contributed by atoms with Crippen LogP contribution in [0.15, 0.2) is 24.3 Å². The average molecular weight is 260 g/mol. The van der Waals surface area contributed by atoms with E-state index in [4.69, 9.17) is 5.73 Å². The summed E-state index contributed by atoms with van der Waals surface area (Å²) >= 11 is 0. The summed E-state index contributed by atoms with van der Waals surface area (Å²) in [4.78, 5) is 2.29. The van der Waals surface area contributed by atoms with Crippen molar-refractivity contribution in [2.24, 2.45) is 11.1 Å². The van der Waals surface area contributed by atoms with Crippen LogP contribution in [0.3, 0.4) is 0 Å². The highest BCUT2D eigenvalue weighted by Gasteiger charge is 2.52. The van der Waals surface area contributed by atoms with E-state index in [0.717, 1.165) is 38.8 Å². The number of rotatable bonds is 2. The van der Waals surface area contributed by atoms with Gasteiger partial charge in [-0.25, -0.2) is 0 Å². The van der Waals surface area contributed by atoms with Gasteiger partial charge in [-0.05, 0) is 43.9 Å². The van der Waals surface area contributed by atoms with E-state index in [0.29, 0.717) is 6.54 Å². The Kier molecular flexibility index (Phi) is 3.16. The first-order chi connectivity index (χ1) is 9.09. The normalized spacial score (nSPS) is 25.2. The molecule has 0 aromatic heterocycles. The molecule has 1 aliphatic heterocycles.